The molecule has 2 aliphatic rings. The third kappa shape index (κ3) is 2.87. The maximum absolute atomic E-state index is 6.25. The van der Waals surface area contributed by atoms with Crippen LogP contribution in [0.1, 0.15) is 25.3 Å². The molecule has 3 rings (SSSR count). The van der Waals surface area contributed by atoms with Gasteiger partial charge in [0.1, 0.15) is 0 Å². The minimum atomic E-state index is 0.268. The molecule has 1 saturated heterocycles. The number of piperidine rings is 1. The third-order valence-electron chi connectivity index (χ3n) is 4.10. The lowest BCUT2D eigenvalue weighted by atomic mass is 10.0. The molecule has 4 nitrogen and oxygen atoms in total. The van der Waals surface area contributed by atoms with Gasteiger partial charge in [0, 0.05) is 12.6 Å². The first kappa shape index (κ1) is 14.0. The van der Waals surface area contributed by atoms with Gasteiger partial charge < -0.3 is 14.8 Å². The number of nitrogens with zero attached hydrogens (tertiary/aromatic N) is 1. The number of ether oxygens (including phenoxy) is 2. The quantitative estimate of drug-likeness (QED) is 0.926. The Balaban J connectivity index is 1.74. The predicted octanol–water partition coefficient (Wildman–Crippen LogP) is 2.64. The second-order valence-electron chi connectivity index (χ2n) is 5.36. The SMILES string of the molecule is CCN(Cc1cc(Cl)c2c(c1)OCO2)C1CCNCC1. The molecule has 1 aromatic carbocycles. The summed E-state index contributed by atoms with van der Waals surface area (Å²) in [5.74, 6) is 1.45. The minimum absolute atomic E-state index is 0.268. The zero-order chi connectivity index (χ0) is 13.9. The number of rotatable bonds is 4. The zero-order valence-electron chi connectivity index (χ0n) is 11.8. The summed E-state index contributed by atoms with van der Waals surface area (Å²) in [6, 6.07) is 4.71. The van der Waals surface area contributed by atoms with Gasteiger partial charge in [0.05, 0.1) is 5.02 Å². The van der Waals surface area contributed by atoms with E-state index in [0.717, 1.165) is 31.9 Å². The van der Waals surface area contributed by atoms with Crippen LogP contribution in [0.25, 0.3) is 0 Å². The van der Waals surface area contributed by atoms with Crippen LogP contribution in [-0.4, -0.2) is 37.4 Å². The second-order valence-corrected chi connectivity index (χ2v) is 5.76. The molecule has 0 unspecified atom stereocenters. The van der Waals surface area contributed by atoms with E-state index in [4.69, 9.17) is 21.1 Å². The Morgan fingerprint density at radius 3 is 2.85 bits per heavy atom. The average Bonchev–Trinajstić information content (AvgIpc) is 2.94. The second kappa shape index (κ2) is 6.20. The molecule has 1 N–H and O–H groups in total. The summed E-state index contributed by atoms with van der Waals surface area (Å²) in [6.45, 7) is 6.68. The van der Waals surface area contributed by atoms with Crippen LogP contribution in [0, 0.1) is 0 Å². The number of fused-ring (bicyclic) bond motifs is 1. The van der Waals surface area contributed by atoms with Gasteiger partial charge in [-0.25, -0.2) is 0 Å². The van der Waals surface area contributed by atoms with Gasteiger partial charge in [-0.3, -0.25) is 4.90 Å². The lowest BCUT2D eigenvalue weighted by Crippen LogP contribution is -2.42. The lowest BCUT2D eigenvalue weighted by Gasteiger charge is -2.34. The van der Waals surface area contributed by atoms with Crippen molar-refractivity contribution in [1.82, 2.24) is 10.2 Å². The molecule has 20 heavy (non-hydrogen) atoms. The van der Waals surface area contributed by atoms with Crippen LogP contribution in [0.4, 0.5) is 0 Å². The van der Waals surface area contributed by atoms with Crippen molar-refractivity contribution in [1.29, 1.82) is 0 Å². The van der Waals surface area contributed by atoms with Crippen molar-refractivity contribution in [3.8, 4) is 11.5 Å². The van der Waals surface area contributed by atoms with Gasteiger partial charge in [-0.2, -0.15) is 0 Å². The molecule has 0 spiro atoms. The van der Waals surface area contributed by atoms with Crippen molar-refractivity contribution >= 4 is 11.6 Å². The molecule has 2 heterocycles. The fourth-order valence-electron chi connectivity index (χ4n) is 3.02. The molecule has 0 atom stereocenters. The summed E-state index contributed by atoms with van der Waals surface area (Å²) >= 11 is 6.25. The van der Waals surface area contributed by atoms with Gasteiger partial charge in [0.25, 0.3) is 0 Å². The van der Waals surface area contributed by atoms with Crippen molar-refractivity contribution in [3.05, 3.63) is 22.7 Å². The molecule has 0 saturated carbocycles. The van der Waals surface area contributed by atoms with E-state index in [-0.39, 0.29) is 6.79 Å². The molecule has 0 radical (unpaired) electrons. The van der Waals surface area contributed by atoms with Gasteiger partial charge in [-0.1, -0.05) is 18.5 Å². The molecule has 0 aromatic heterocycles. The molecule has 5 heteroatoms. The highest BCUT2D eigenvalue weighted by Gasteiger charge is 2.22. The zero-order valence-corrected chi connectivity index (χ0v) is 12.6. The van der Waals surface area contributed by atoms with Gasteiger partial charge in [0.15, 0.2) is 11.5 Å². The molecule has 0 amide bonds. The Hall–Kier alpha value is -0.970. The van der Waals surface area contributed by atoms with Gasteiger partial charge in [0.2, 0.25) is 6.79 Å². The predicted molar refractivity (Wildman–Crippen MR) is 79.6 cm³/mol. The summed E-state index contributed by atoms with van der Waals surface area (Å²) in [7, 11) is 0. The highest BCUT2D eigenvalue weighted by Crippen LogP contribution is 2.40. The van der Waals surface area contributed by atoms with Crippen LogP contribution in [0.3, 0.4) is 0 Å². The van der Waals surface area contributed by atoms with E-state index in [9.17, 15) is 0 Å². The maximum Gasteiger partial charge on any atom is 0.231 e. The smallest absolute Gasteiger partial charge is 0.231 e. The van der Waals surface area contributed by atoms with Crippen molar-refractivity contribution in [2.75, 3.05) is 26.4 Å². The Bertz CT molecular complexity index is 475. The standard InChI is InChI=1S/C15H21ClN2O2/c1-2-18(12-3-5-17-6-4-12)9-11-7-13(16)15-14(8-11)19-10-20-15/h7-8,12,17H,2-6,9-10H2,1H3. The molecule has 0 bridgehead atoms. The molecular formula is C15H21ClN2O2. The van der Waals surface area contributed by atoms with Crippen LogP contribution in [-0.2, 0) is 6.54 Å². The van der Waals surface area contributed by atoms with Crippen molar-refractivity contribution in [2.24, 2.45) is 0 Å². The summed E-state index contributed by atoms with van der Waals surface area (Å²) in [5.41, 5.74) is 1.19. The molecule has 1 fully saturated rings. The van der Waals surface area contributed by atoms with Crippen LogP contribution >= 0.6 is 11.6 Å². The van der Waals surface area contributed by atoms with Gasteiger partial charge in [-0.05, 0) is 50.2 Å². The van der Waals surface area contributed by atoms with Gasteiger partial charge in [-0.15, -0.1) is 0 Å². The van der Waals surface area contributed by atoms with Gasteiger partial charge >= 0.3 is 0 Å². The molecular weight excluding hydrogens is 276 g/mol. The van der Waals surface area contributed by atoms with E-state index in [1.807, 2.05) is 6.07 Å². The number of hydrogen-bond donors (Lipinski definition) is 1. The molecule has 0 aliphatic carbocycles. The van der Waals surface area contributed by atoms with E-state index in [0.29, 0.717) is 16.8 Å². The monoisotopic (exact) mass is 296 g/mol. The van der Waals surface area contributed by atoms with Crippen molar-refractivity contribution < 1.29 is 9.47 Å². The first-order valence-electron chi connectivity index (χ1n) is 7.30. The number of benzene rings is 1. The first-order valence-corrected chi connectivity index (χ1v) is 7.68. The maximum atomic E-state index is 6.25. The Morgan fingerprint density at radius 2 is 2.10 bits per heavy atom. The molecule has 110 valence electrons. The van der Waals surface area contributed by atoms with E-state index < -0.39 is 0 Å². The number of hydrogen-bond acceptors (Lipinski definition) is 4. The largest absolute Gasteiger partial charge is 0.454 e. The highest BCUT2D eigenvalue weighted by molar-refractivity contribution is 6.32. The average molecular weight is 297 g/mol. The van der Waals surface area contributed by atoms with Crippen LogP contribution < -0.4 is 14.8 Å². The van der Waals surface area contributed by atoms with E-state index >= 15 is 0 Å². The van der Waals surface area contributed by atoms with Crippen molar-refractivity contribution in [2.45, 2.75) is 32.4 Å². The summed E-state index contributed by atoms with van der Waals surface area (Å²) in [5, 5.41) is 4.07. The lowest BCUT2D eigenvalue weighted by molar-refractivity contribution is 0.162. The van der Waals surface area contributed by atoms with E-state index in [1.54, 1.807) is 0 Å². The first-order chi connectivity index (χ1) is 9.78. The third-order valence-corrected chi connectivity index (χ3v) is 4.38. The minimum Gasteiger partial charge on any atom is -0.454 e. The number of halogens is 1. The van der Waals surface area contributed by atoms with E-state index in [1.165, 1.54) is 18.4 Å². The summed E-state index contributed by atoms with van der Waals surface area (Å²) < 4.78 is 10.8. The van der Waals surface area contributed by atoms with Crippen molar-refractivity contribution in [3.63, 3.8) is 0 Å². The molecule has 1 aromatic rings. The topological polar surface area (TPSA) is 33.7 Å². The van der Waals surface area contributed by atoms with Crippen LogP contribution in [0.15, 0.2) is 12.1 Å². The Morgan fingerprint density at radius 1 is 1.30 bits per heavy atom. The Labute approximate surface area is 125 Å². The summed E-state index contributed by atoms with van der Waals surface area (Å²) in [6.07, 6.45) is 2.43. The highest BCUT2D eigenvalue weighted by atomic mass is 35.5. The fraction of sp³-hybridized carbons (Fsp3) is 0.600. The van der Waals surface area contributed by atoms with E-state index in [2.05, 4.69) is 23.2 Å². The normalized spacial score (nSPS) is 18.8. The fourth-order valence-corrected chi connectivity index (χ4v) is 3.31. The van der Waals surface area contributed by atoms with Crippen LogP contribution in [0.5, 0.6) is 11.5 Å². The van der Waals surface area contributed by atoms with Crippen LogP contribution in [0.2, 0.25) is 5.02 Å². The Kier molecular flexibility index (Phi) is 4.34. The molecule has 2 aliphatic heterocycles. The number of nitrogens with one attached hydrogen (secondary N) is 1. The summed E-state index contributed by atoms with van der Waals surface area (Å²) in [4.78, 5) is 2.52.